The van der Waals surface area contributed by atoms with Gasteiger partial charge in [-0.2, -0.15) is 4.31 Å². The predicted molar refractivity (Wildman–Crippen MR) is 100 cm³/mol. The molecule has 6 nitrogen and oxygen atoms in total. The Balaban J connectivity index is 1.99. The van der Waals surface area contributed by atoms with Crippen molar-refractivity contribution in [2.24, 2.45) is 0 Å². The molecule has 0 unspecified atom stereocenters. The van der Waals surface area contributed by atoms with E-state index in [9.17, 15) is 17.6 Å². The van der Waals surface area contributed by atoms with Crippen LogP contribution in [0.25, 0.3) is 0 Å². The molecule has 0 aliphatic carbocycles. The van der Waals surface area contributed by atoms with E-state index in [0.717, 1.165) is 27.8 Å². The van der Waals surface area contributed by atoms with Crippen molar-refractivity contribution in [3.05, 3.63) is 59.9 Å². The molecule has 27 heavy (non-hydrogen) atoms. The molecule has 1 amide bonds. The Morgan fingerprint density at radius 1 is 1.04 bits per heavy atom. The molecule has 146 valence electrons. The number of sulfonamides is 1. The molecule has 0 fully saturated rings. The first-order valence-corrected chi connectivity index (χ1v) is 9.85. The number of carbonyl (C=O) groups is 1. The van der Waals surface area contributed by atoms with Gasteiger partial charge in [0.25, 0.3) is 0 Å². The van der Waals surface area contributed by atoms with Gasteiger partial charge in [-0.3, -0.25) is 4.79 Å². The minimum atomic E-state index is -3.87. The molecule has 0 aromatic heterocycles. The second-order valence-electron chi connectivity index (χ2n) is 6.04. The van der Waals surface area contributed by atoms with E-state index in [-0.39, 0.29) is 17.3 Å². The van der Waals surface area contributed by atoms with E-state index in [2.05, 4.69) is 0 Å². The fraction of sp³-hybridized carbons (Fsp3) is 0.316. The Kier molecular flexibility index (Phi) is 6.92. The minimum absolute atomic E-state index is 0.0617. The molecule has 0 aliphatic rings. The van der Waals surface area contributed by atoms with Gasteiger partial charge in [-0.25, -0.2) is 12.8 Å². The molecule has 0 bridgehead atoms. The van der Waals surface area contributed by atoms with Gasteiger partial charge in [0.1, 0.15) is 11.6 Å². The summed E-state index contributed by atoms with van der Waals surface area (Å²) in [6, 6.07) is 11.8. The third-order valence-electron chi connectivity index (χ3n) is 3.96. The molecule has 2 aromatic rings. The number of likely N-dealkylation sites (N-methyl/N-ethyl adjacent to an activating group) is 2. The quantitative estimate of drug-likeness (QED) is 0.690. The summed E-state index contributed by atoms with van der Waals surface area (Å²) in [5, 5.41) is 0. The fourth-order valence-corrected chi connectivity index (χ4v) is 3.52. The molecule has 2 aromatic carbocycles. The van der Waals surface area contributed by atoms with Gasteiger partial charge in [-0.15, -0.1) is 0 Å². The third kappa shape index (κ3) is 5.51. The molecule has 0 N–H and O–H groups in total. The van der Waals surface area contributed by atoms with Crippen LogP contribution in [-0.2, 0) is 21.4 Å². The molecule has 0 atom stereocenters. The van der Waals surface area contributed by atoms with Crippen molar-refractivity contribution in [3.8, 4) is 5.75 Å². The fourth-order valence-electron chi connectivity index (χ4n) is 2.40. The second-order valence-corrected chi connectivity index (χ2v) is 8.09. The SMILES string of the molecule is CCOc1ccc(CN(C)C(=O)CN(C)S(=O)(=O)c2ccc(F)cc2)cc1. The number of rotatable bonds is 8. The van der Waals surface area contributed by atoms with Gasteiger partial charge >= 0.3 is 0 Å². The molecule has 0 spiro atoms. The Bertz CT molecular complexity index is 868. The average molecular weight is 394 g/mol. The van der Waals surface area contributed by atoms with Crippen molar-refractivity contribution in [1.82, 2.24) is 9.21 Å². The number of carbonyl (C=O) groups excluding carboxylic acids is 1. The van der Waals surface area contributed by atoms with Crippen LogP contribution in [0.4, 0.5) is 4.39 Å². The summed E-state index contributed by atoms with van der Waals surface area (Å²) >= 11 is 0. The van der Waals surface area contributed by atoms with E-state index >= 15 is 0 Å². The molecule has 0 saturated carbocycles. The lowest BCUT2D eigenvalue weighted by Gasteiger charge is -2.22. The van der Waals surface area contributed by atoms with E-state index in [1.54, 1.807) is 7.05 Å². The molecular weight excluding hydrogens is 371 g/mol. The van der Waals surface area contributed by atoms with Crippen molar-refractivity contribution in [3.63, 3.8) is 0 Å². The van der Waals surface area contributed by atoms with Crippen molar-refractivity contribution >= 4 is 15.9 Å². The van der Waals surface area contributed by atoms with Gasteiger partial charge in [0.05, 0.1) is 18.0 Å². The zero-order valence-corrected chi connectivity index (χ0v) is 16.4. The summed E-state index contributed by atoms with van der Waals surface area (Å²) < 4.78 is 44.3. The third-order valence-corrected chi connectivity index (χ3v) is 5.78. The van der Waals surface area contributed by atoms with Crippen LogP contribution in [0, 0.1) is 5.82 Å². The van der Waals surface area contributed by atoms with E-state index in [1.807, 2.05) is 31.2 Å². The Labute approximate surface area is 159 Å². The summed E-state index contributed by atoms with van der Waals surface area (Å²) in [6.45, 7) is 2.51. The molecule has 0 heterocycles. The highest BCUT2D eigenvalue weighted by molar-refractivity contribution is 7.89. The normalized spacial score (nSPS) is 11.4. The van der Waals surface area contributed by atoms with E-state index in [4.69, 9.17) is 4.74 Å². The summed E-state index contributed by atoms with van der Waals surface area (Å²) in [5.74, 6) is -0.125. The molecule has 0 saturated heterocycles. The first kappa shape index (κ1) is 20.9. The van der Waals surface area contributed by atoms with Gasteiger partial charge in [0.15, 0.2) is 0 Å². The van der Waals surface area contributed by atoms with Gasteiger partial charge in [-0.05, 0) is 48.9 Å². The number of benzene rings is 2. The lowest BCUT2D eigenvalue weighted by atomic mass is 10.2. The minimum Gasteiger partial charge on any atom is -0.494 e. The van der Waals surface area contributed by atoms with Crippen LogP contribution in [0.3, 0.4) is 0 Å². The highest BCUT2D eigenvalue weighted by Gasteiger charge is 2.24. The van der Waals surface area contributed by atoms with Crippen molar-refractivity contribution in [2.45, 2.75) is 18.4 Å². The molecule has 0 aliphatic heterocycles. The number of ether oxygens (including phenoxy) is 1. The number of hydrogen-bond donors (Lipinski definition) is 0. The Morgan fingerprint density at radius 3 is 2.19 bits per heavy atom. The smallest absolute Gasteiger partial charge is 0.243 e. The van der Waals surface area contributed by atoms with Crippen LogP contribution < -0.4 is 4.74 Å². The molecular formula is C19H23FN2O4S. The van der Waals surface area contributed by atoms with Gasteiger partial charge in [0.2, 0.25) is 15.9 Å². The van der Waals surface area contributed by atoms with Crippen LogP contribution in [0.2, 0.25) is 0 Å². The highest BCUT2D eigenvalue weighted by atomic mass is 32.2. The van der Waals surface area contributed by atoms with Gasteiger partial charge in [0, 0.05) is 20.6 Å². The molecule has 2 rings (SSSR count). The maximum atomic E-state index is 13.0. The molecule has 0 radical (unpaired) electrons. The summed E-state index contributed by atoms with van der Waals surface area (Å²) in [5.41, 5.74) is 0.901. The largest absolute Gasteiger partial charge is 0.494 e. The lowest BCUT2D eigenvalue weighted by Crippen LogP contribution is -2.39. The molecule has 8 heteroatoms. The number of amides is 1. The first-order valence-electron chi connectivity index (χ1n) is 8.41. The van der Waals surface area contributed by atoms with Crippen molar-refractivity contribution in [1.29, 1.82) is 0 Å². The van der Waals surface area contributed by atoms with Gasteiger partial charge in [-0.1, -0.05) is 12.1 Å². The standard InChI is InChI=1S/C19H23FN2O4S/c1-4-26-17-9-5-15(6-10-17)13-21(2)19(23)14-22(3)27(24,25)18-11-7-16(20)8-12-18/h5-12H,4,13-14H2,1-3H3. The highest BCUT2D eigenvalue weighted by Crippen LogP contribution is 2.16. The number of hydrogen-bond acceptors (Lipinski definition) is 4. The van der Waals surface area contributed by atoms with Gasteiger partial charge < -0.3 is 9.64 Å². The number of nitrogens with zero attached hydrogens (tertiary/aromatic N) is 2. The van der Waals surface area contributed by atoms with Crippen LogP contribution in [0.1, 0.15) is 12.5 Å². The van der Waals surface area contributed by atoms with E-state index in [0.29, 0.717) is 13.2 Å². The number of halogens is 1. The monoisotopic (exact) mass is 394 g/mol. The predicted octanol–water partition coefficient (Wildman–Crippen LogP) is 2.50. The summed E-state index contributed by atoms with van der Waals surface area (Å²) in [6.07, 6.45) is 0. The van der Waals surface area contributed by atoms with Crippen molar-refractivity contribution in [2.75, 3.05) is 27.2 Å². The summed E-state index contributed by atoms with van der Waals surface area (Å²) in [4.78, 5) is 13.8. The topological polar surface area (TPSA) is 66.9 Å². The summed E-state index contributed by atoms with van der Waals surface area (Å²) in [7, 11) is -0.937. The van der Waals surface area contributed by atoms with E-state index in [1.165, 1.54) is 24.1 Å². The second kappa shape index (κ2) is 8.96. The van der Waals surface area contributed by atoms with Crippen LogP contribution >= 0.6 is 0 Å². The maximum Gasteiger partial charge on any atom is 0.243 e. The average Bonchev–Trinajstić information content (AvgIpc) is 2.63. The van der Waals surface area contributed by atoms with Crippen LogP contribution in [0.5, 0.6) is 5.75 Å². The Hall–Kier alpha value is -2.45. The lowest BCUT2D eigenvalue weighted by molar-refractivity contribution is -0.130. The van der Waals surface area contributed by atoms with Crippen LogP contribution in [0.15, 0.2) is 53.4 Å². The van der Waals surface area contributed by atoms with Crippen LogP contribution in [-0.4, -0.2) is 50.8 Å². The van der Waals surface area contributed by atoms with Crippen molar-refractivity contribution < 1.29 is 22.3 Å². The first-order chi connectivity index (χ1) is 12.7. The van der Waals surface area contributed by atoms with E-state index < -0.39 is 15.8 Å². The Morgan fingerprint density at radius 2 is 1.63 bits per heavy atom. The zero-order valence-electron chi connectivity index (χ0n) is 15.6. The maximum absolute atomic E-state index is 13.0. The zero-order chi connectivity index (χ0) is 20.0.